The molecule has 0 radical (unpaired) electrons. The lowest BCUT2D eigenvalue weighted by atomic mass is 9.92. The van der Waals surface area contributed by atoms with Gasteiger partial charge in [0.15, 0.2) is 0 Å². The van der Waals surface area contributed by atoms with E-state index < -0.39 is 0 Å². The molecular formula is C17H29NO3. The quantitative estimate of drug-likeness (QED) is 0.664. The summed E-state index contributed by atoms with van der Waals surface area (Å²) in [5.74, 6) is 0.896. The Morgan fingerprint density at radius 2 is 1.43 bits per heavy atom. The fourth-order valence-electron chi connectivity index (χ4n) is 2.47. The van der Waals surface area contributed by atoms with Gasteiger partial charge in [-0.25, -0.2) is 0 Å². The van der Waals surface area contributed by atoms with Crippen LogP contribution in [0, 0.1) is 0 Å². The molecule has 0 fully saturated rings. The molecule has 0 spiro atoms. The van der Waals surface area contributed by atoms with Crippen molar-refractivity contribution < 1.29 is 14.2 Å². The largest absolute Gasteiger partial charge is 0.497 e. The van der Waals surface area contributed by atoms with E-state index in [4.69, 9.17) is 14.2 Å². The topological polar surface area (TPSA) is 30.9 Å². The molecule has 0 aliphatic carbocycles. The zero-order chi connectivity index (χ0) is 15.7. The Labute approximate surface area is 129 Å². The maximum absolute atomic E-state index is 5.23. The average molecular weight is 295 g/mol. The normalized spacial score (nSPS) is 11.9. The van der Waals surface area contributed by atoms with Crippen LogP contribution in [0.1, 0.15) is 19.4 Å². The number of methoxy groups -OCH3 is 3. The molecule has 0 aliphatic rings. The minimum Gasteiger partial charge on any atom is -0.497 e. The molecule has 0 atom stereocenters. The van der Waals surface area contributed by atoms with E-state index in [1.165, 1.54) is 5.56 Å². The van der Waals surface area contributed by atoms with Crippen LogP contribution in [0.25, 0.3) is 0 Å². The van der Waals surface area contributed by atoms with Gasteiger partial charge in [-0.2, -0.15) is 0 Å². The standard InChI is InChI=1S/C17H29NO3/c1-17(2,18(10-12-19-3)11-13-20-4)14-15-6-8-16(21-5)9-7-15/h6-9H,10-14H2,1-5H3. The SMILES string of the molecule is COCCN(CCOC)C(C)(C)Cc1ccc(OC)cc1. The van der Waals surface area contributed by atoms with Crippen LogP contribution in [-0.4, -0.2) is 58.1 Å². The fourth-order valence-corrected chi connectivity index (χ4v) is 2.47. The van der Waals surface area contributed by atoms with Crippen LogP contribution in [0.5, 0.6) is 5.75 Å². The first-order valence-corrected chi connectivity index (χ1v) is 7.39. The molecule has 0 aromatic heterocycles. The van der Waals surface area contributed by atoms with E-state index in [0.717, 1.165) is 38.5 Å². The van der Waals surface area contributed by atoms with Gasteiger partial charge in [0.1, 0.15) is 5.75 Å². The Balaban J connectivity index is 2.72. The first kappa shape index (κ1) is 18.0. The van der Waals surface area contributed by atoms with E-state index in [1.54, 1.807) is 21.3 Å². The summed E-state index contributed by atoms with van der Waals surface area (Å²) in [5.41, 5.74) is 1.35. The van der Waals surface area contributed by atoms with Gasteiger partial charge in [-0.05, 0) is 38.0 Å². The Morgan fingerprint density at radius 1 is 0.905 bits per heavy atom. The van der Waals surface area contributed by atoms with Crippen molar-refractivity contribution in [3.05, 3.63) is 29.8 Å². The highest BCUT2D eigenvalue weighted by atomic mass is 16.5. The third kappa shape index (κ3) is 6.04. The lowest BCUT2D eigenvalue weighted by Crippen LogP contribution is -2.48. The van der Waals surface area contributed by atoms with Gasteiger partial charge in [-0.1, -0.05) is 12.1 Å². The van der Waals surface area contributed by atoms with Gasteiger partial charge in [-0.15, -0.1) is 0 Å². The van der Waals surface area contributed by atoms with Crippen molar-refractivity contribution in [2.75, 3.05) is 47.6 Å². The second-order valence-corrected chi connectivity index (χ2v) is 5.81. The van der Waals surface area contributed by atoms with Crippen LogP contribution in [0.3, 0.4) is 0 Å². The first-order valence-electron chi connectivity index (χ1n) is 7.39. The third-order valence-electron chi connectivity index (χ3n) is 3.78. The summed E-state index contributed by atoms with van der Waals surface area (Å²) in [7, 11) is 5.17. The molecule has 0 saturated heterocycles. The minimum absolute atomic E-state index is 0.0473. The van der Waals surface area contributed by atoms with Crippen molar-refractivity contribution in [1.29, 1.82) is 0 Å². The maximum Gasteiger partial charge on any atom is 0.118 e. The van der Waals surface area contributed by atoms with Crippen LogP contribution in [0.4, 0.5) is 0 Å². The first-order chi connectivity index (χ1) is 10.0. The molecule has 0 heterocycles. The van der Waals surface area contributed by atoms with Crippen molar-refractivity contribution in [3.8, 4) is 5.75 Å². The Kier molecular flexibility index (Phi) is 7.72. The predicted molar refractivity (Wildman–Crippen MR) is 86.1 cm³/mol. The zero-order valence-electron chi connectivity index (χ0n) is 14.0. The van der Waals surface area contributed by atoms with E-state index >= 15 is 0 Å². The lowest BCUT2D eigenvalue weighted by Gasteiger charge is -2.38. The van der Waals surface area contributed by atoms with Crippen molar-refractivity contribution in [2.45, 2.75) is 25.8 Å². The highest BCUT2D eigenvalue weighted by molar-refractivity contribution is 5.28. The molecule has 0 saturated carbocycles. The van der Waals surface area contributed by atoms with Crippen LogP contribution in [0.2, 0.25) is 0 Å². The highest BCUT2D eigenvalue weighted by Gasteiger charge is 2.26. The van der Waals surface area contributed by atoms with Gasteiger partial charge in [-0.3, -0.25) is 4.90 Å². The number of ether oxygens (including phenoxy) is 3. The summed E-state index contributed by atoms with van der Waals surface area (Å²) in [6, 6.07) is 8.29. The lowest BCUT2D eigenvalue weighted by molar-refractivity contribution is 0.0511. The number of hydrogen-bond acceptors (Lipinski definition) is 4. The second-order valence-electron chi connectivity index (χ2n) is 5.81. The molecule has 0 unspecified atom stereocenters. The molecule has 21 heavy (non-hydrogen) atoms. The van der Waals surface area contributed by atoms with Crippen molar-refractivity contribution in [3.63, 3.8) is 0 Å². The molecule has 1 aromatic rings. The Hall–Kier alpha value is -1.10. The zero-order valence-corrected chi connectivity index (χ0v) is 14.0. The molecule has 0 aliphatic heterocycles. The molecule has 1 aromatic carbocycles. The van der Waals surface area contributed by atoms with Crippen LogP contribution < -0.4 is 4.74 Å². The van der Waals surface area contributed by atoms with Crippen molar-refractivity contribution in [1.82, 2.24) is 4.90 Å². The smallest absolute Gasteiger partial charge is 0.118 e. The third-order valence-corrected chi connectivity index (χ3v) is 3.78. The van der Waals surface area contributed by atoms with E-state index in [-0.39, 0.29) is 5.54 Å². The van der Waals surface area contributed by atoms with Crippen LogP contribution in [-0.2, 0) is 15.9 Å². The molecular weight excluding hydrogens is 266 g/mol. The molecule has 0 amide bonds. The Morgan fingerprint density at radius 3 is 1.86 bits per heavy atom. The van der Waals surface area contributed by atoms with Crippen LogP contribution in [0.15, 0.2) is 24.3 Å². The maximum atomic E-state index is 5.23. The summed E-state index contributed by atoms with van der Waals surface area (Å²) < 4.78 is 15.7. The summed E-state index contributed by atoms with van der Waals surface area (Å²) in [6.45, 7) is 7.81. The number of nitrogens with zero attached hydrogens (tertiary/aromatic N) is 1. The van der Waals surface area contributed by atoms with E-state index in [1.807, 2.05) is 12.1 Å². The molecule has 120 valence electrons. The summed E-state index contributed by atoms with van der Waals surface area (Å²) >= 11 is 0. The van der Waals surface area contributed by atoms with Crippen molar-refractivity contribution in [2.24, 2.45) is 0 Å². The van der Waals surface area contributed by atoms with E-state index in [2.05, 4.69) is 30.9 Å². The predicted octanol–water partition coefficient (Wildman–Crippen LogP) is 2.61. The highest BCUT2D eigenvalue weighted by Crippen LogP contribution is 2.22. The monoisotopic (exact) mass is 295 g/mol. The molecule has 0 bridgehead atoms. The minimum atomic E-state index is 0.0473. The van der Waals surface area contributed by atoms with Gasteiger partial charge in [0.2, 0.25) is 0 Å². The molecule has 1 rings (SSSR count). The summed E-state index contributed by atoms with van der Waals surface area (Å²) in [5, 5.41) is 0. The molecule has 4 nitrogen and oxygen atoms in total. The van der Waals surface area contributed by atoms with E-state index in [0.29, 0.717) is 0 Å². The number of hydrogen-bond donors (Lipinski definition) is 0. The molecule has 0 N–H and O–H groups in total. The molecule has 4 heteroatoms. The van der Waals surface area contributed by atoms with Gasteiger partial charge >= 0.3 is 0 Å². The van der Waals surface area contributed by atoms with Gasteiger partial charge < -0.3 is 14.2 Å². The average Bonchev–Trinajstić information content (AvgIpc) is 2.47. The Bertz CT molecular complexity index is 382. The van der Waals surface area contributed by atoms with Gasteiger partial charge in [0.05, 0.1) is 20.3 Å². The van der Waals surface area contributed by atoms with Gasteiger partial charge in [0, 0.05) is 32.8 Å². The fraction of sp³-hybridized carbons (Fsp3) is 0.647. The summed E-state index contributed by atoms with van der Waals surface area (Å²) in [6.07, 6.45) is 0.977. The number of rotatable bonds is 10. The second kappa shape index (κ2) is 9.03. The van der Waals surface area contributed by atoms with Crippen LogP contribution >= 0.6 is 0 Å². The van der Waals surface area contributed by atoms with Crippen molar-refractivity contribution >= 4 is 0 Å². The van der Waals surface area contributed by atoms with E-state index in [9.17, 15) is 0 Å². The summed E-state index contributed by atoms with van der Waals surface area (Å²) in [4.78, 5) is 2.42. The van der Waals surface area contributed by atoms with Gasteiger partial charge in [0.25, 0.3) is 0 Å². The number of benzene rings is 1.